The lowest BCUT2D eigenvalue weighted by Crippen LogP contribution is -2.21. The van der Waals surface area contributed by atoms with Crippen LogP contribution in [0.3, 0.4) is 0 Å². The zero-order valence-electron chi connectivity index (χ0n) is 14.8. The third-order valence-corrected chi connectivity index (χ3v) is 3.87. The zero-order valence-corrected chi connectivity index (χ0v) is 14.8. The highest BCUT2D eigenvalue weighted by molar-refractivity contribution is 5.49. The molecule has 0 amide bonds. The maximum atomic E-state index is 5.49. The summed E-state index contributed by atoms with van der Waals surface area (Å²) in [6.07, 6.45) is 1.49. The van der Waals surface area contributed by atoms with Crippen molar-refractivity contribution >= 4 is 11.6 Å². The van der Waals surface area contributed by atoms with Crippen LogP contribution in [0.4, 0.5) is 5.82 Å². The van der Waals surface area contributed by atoms with Gasteiger partial charge in [0.05, 0.1) is 26.5 Å². The second-order valence-electron chi connectivity index (χ2n) is 5.54. The Morgan fingerprint density at radius 1 is 1.12 bits per heavy atom. The summed E-state index contributed by atoms with van der Waals surface area (Å²) < 4.78 is 17.6. The molecule has 0 aliphatic carbocycles. The molecule has 1 aromatic carbocycles. The summed E-state index contributed by atoms with van der Waals surface area (Å²) in [4.78, 5) is 10.7. The molecule has 0 fully saturated rings. The van der Waals surface area contributed by atoms with Crippen molar-refractivity contribution in [2.75, 3.05) is 33.3 Å². The standard InChI is InChI=1S/C17H21N5O3/c1-21(9-12-5-6-14(24-3)8-15(12)25-4)16-7-13(10-23-2)20-17-18-11-19-22(16)17/h5-8,11H,9-10H2,1-4H3. The van der Waals surface area contributed by atoms with Crippen LogP contribution in [0.1, 0.15) is 11.3 Å². The molecule has 2 heterocycles. The lowest BCUT2D eigenvalue weighted by atomic mass is 10.1. The topological polar surface area (TPSA) is 74.0 Å². The van der Waals surface area contributed by atoms with Crippen LogP contribution in [0, 0.1) is 0 Å². The Balaban J connectivity index is 1.94. The van der Waals surface area contributed by atoms with Crippen LogP contribution < -0.4 is 14.4 Å². The van der Waals surface area contributed by atoms with E-state index >= 15 is 0 Å². The highest BCUT2D eigenvalue weighted by Gasteiger charge is 2.14. The SMILES string of the molecule is COCc1cc(N(C)Cc2ccc(OC)cc2OC)n2ncnc2n1. The van der Waals surface area contributed by atoms with Gasteiger partial charge in [0.1, 0.15) is 23.6 Å². The molecule has 8 heteroatoms. The molecule has 0 aliphatic rings. The van der Waals surface area contributed by atoms with Gasteiger partial charge in [-0.25, -0.2) is 4.98 Å². The molecule has 0 atom stereocenters. The van der Waals surface area contributed by atoms with Gasteiger partial charge in [-0.3, -0.25) is 0 Å². The molecule has 0 bridgehead atoms. The van der Waals surface area contributed by atoms with E-state index in [0.717, 1.165) is 28.6 Å². The molecule has 0 unspecified atom stereocenters. The van der Waals surface area contributed by atoms with Crippen LogP contribution >= 0.6 is 0 Å². The molecular formula is C17H21N5O3. The second-order valence-corrected chi connectivity index (χ2v) is 5.54. The van der Waals surface area contributed by atoms with E-state index in [0.29, 0.717) is 18.9 Å². The number of hydrogen-bond acceptors (Lipinski definition) is 7. The van der Waals surface area contributed by atoms with Crippen LogP contribution in [0.2, 0.25) is 0 Å². The summed E-state index contributed by atoms with van der Waals surface area (Å²) >= 11 is 0. The lowest BCUT2D eigenvalue weighted by Gasteiger charge is -2.22. The van der Waals surface area contributed by atoms with E-state index in [1.165, 1.54) is 6.33 Å². The Bertz CT molecular complexity index is 865. The molecule has 25 heavy (non-hydrogen) atoms. The minimum Gasteiger partial charge on any atom is -0.497 e. The van der Waals surface area contributed by atoms with Crippen molar-refractivity contribution in [1.82, 2.24) is 19.6 Å². The van der Waals surface area contributed by atoms with Crippen molar-refractivity contribution in [1.29, 1.82) is 0 Å². The number of rotatable bonds is 7. The minimum atomic E-state index is 0.413. The lowest BCUT2D eigenvalue weighted by molar-refractivity contribution is 0.181. The molecular weight excluding hydrogens is 322 g/mol. The number of fused-ring (bicyclic) bond motifs is 1. The monoisotopic (exact) mass is 343 g/mol. The van der Waals surface area contributed by atoms with Crippen molar-refractivity contribution in [3.63, 3.8) is 0 Å². The summed E-state index contributed by atoms with van der Waals surface area (Å²) in [5.74, 6) is 2.94. The fraction of sp³-hybridized carbons (Fsp3) is 0.353. The fourth-order valence-corrected chi connectivity index (χ4v) is 2.66. The van der Waals surface area contributed by atoms with Crippen LogP contribution in [0.25, 0.3) is 5.78 Å². The summed E-state index contributed by atoms with van der Waals surface area (Å²) in [6, 6.07) is 7.72. The zero-order chi connectivity index (χ0) is 17.8. The van der Waals surface area contributed by atoms with Crippen molar-refractivity contribution in [2.24, 2.45) is 0 Å². The van der Waals surface area contributed by atoms with Gasteiger partial charge in [-0.05, 0) is 12.1 Å². The summed E-state index contributed by atoms with van der Waals surface area (Å²) in [5, 5.41) is 4.26. The molecule has 8 nitrogen and oxygen atoms in total. The molecule has 2 aromatic heterocycles. The Morgan fingerprint density at radius 3 is 2.68 bits per heavy atom. The molecule has 0 saturated carbocycles. The number of anilines is 1. The largest absolute Gasteiger partial charge is 0.497 e. The molecule has 0 radical (unpaired) electrons. The number of benzene rings is 1. The highest BCUT2D eigenvalue weighted by atomic mass is 16.5. The first-order valence-corrected chi connectivity index (χ1v) is 7.77. The van der Waals surface area contributed by atoms with E-state index in [-0.39, 0.29) is 0 Å². The summed E-state index contributed by atoms with van der Waals surface area (Å²) in [5.41, 5.74) is 1.83. The van der Waals surface area contributed by atoms with Gasteiger partial charge >= 0.3 is 0 Å². The third-order valence-electron chi connectivity index (χ3n) is 3.87. The Hall–Kier alpha value is -2.87. The first-order chi connectivity index (χ1) is 12.2. The van der Waals surface area contributed by atoms with E-state index in [1.807, 2.05) is 31.3 Å². The molecule has 3 rings (SSSR count). The number of ether oxygens (including phenoxy) is 3. The first-order valence-electron chi connectivity index (χ1n) is 7.77. The Morgan fingerprint density at radius 2 is 1.96 bits per heavy atom. The maximum Gasteiger partial charge on any atom is 0.254 e. The predicted molar refractivity (Wildman–Crippen MR) is 93.1 cm³/mol. The van der Waals surface area contributed by atoms with Crippen molar-refractivity contribution < 1.29 is 14.2 Å². The quantitative estimate of drug-likeness (QED) is 0.649. The Kier molecular flexibility index (Phi) is 4.99. The number of nitrogens with zero attached hydrogens (tertiary/aromatic N) is 5. The number of hydrogen-bond donors (Lipinski definition) is 0. The minimum absolute atomic E-state index is 0.413. The van der Waals surface area contributed by atoms with Crippen LogP contribution in [-0.4, -0.2) is 48.0 Å². The van der Waals surface area contributed by atoms with Gasteiger partial charge in [-0.2, -0.15) is 14.6 Å². The van der Waals surface area contributed by atoms with Crippen molar-refractivity contribution in [3.8, 4) is 11.5 Å². The van der Waals surface area contributed by atoms with Crippen molar-refractivity contribution in [2.45, 2.75) is 13.2 Å². The van der Waals surface area contributed by atoms with Gasteiger partial charge in [0.2, 0.25) is 0 Å². The van der Waals surface area contributed by atoms with Crippen LogP contribution in [-0.2, 0) is 17.9 Å². The van der Waals surface area contributed by atoms with E-state index in [2.05, 4.69) is 20.0 Å². The number of methoxy groups -OCH3 is 3. The molecule has 132 valence electrons. The van der Waals surface area contributed by atoms with Gasteiger partial charge in [0, 0.05) is 38.4 Å². The van der Waals surface area contributed by atoms with E-state index < -0.39 is 0 Å². The van der Waals surface area contributed by atoms with Gasteiger partial charge in [0.15, 0.2) is 0 Å². The first kappa shape index (κ1) is 17.0. The molecule has 0 spiro atoms. The fourth-order valence-electron chi connectivity index (χ4n) is 2.66. The van der Waals surface area contributed by atoms with Gasteiger partial charge in [0.25, 0.3) is 5.78 Å². The Labute approximate surface area is 146 Å². The summed E-state index contributed by atoms with van der Waals surface area (Å²) in [7, 11) is 6.91. The van der Waals surface area contributed by atoms with Gasteiger partial charge in [-0.15, -0.1) is 0 Å². The third kappa shape index (κ3) is 3.48. The molecule has 0 aliphatic heterocycles. The molecule has 0 saturated heterocycles. The maximum absolute atomic E-state index is 5.49. The molecule has 0 N–H and O–H groups in total. The van der Waals surface area contributed by atoms with E-state index in [9.17, 15) is 0 Å². The average Bonchev–Trinajstić information content (AvgIpc) is 3.10. The molecule has 3 aromatic rings. The normalized spacial score (nSPS) is 10.9. The van der Waals surface area contributed by atoms with E-state index in [1.54, 1.807) is 25.8 Å². The van der Waals surface area contributed by atoms with Gasteiger partial charge < -0.3 is 19.1 Å². The smallest absolute Gasteiger partial charge is 0.254 e. The highest BCUT2D eigenvalue weighted by Crippen LogP contribution is 2.27. The van der Waals surface area contributed by atoms with Crippen LogP contribution in [0.15, 0.2) is 30.6 Å². The van der Waals surface area contributed by atoms with E-state index in [4.69, 9.17) is 14.2 Å². The average molecular weight is 343 g/mol. The number of aromatic nitrogens is 4. The summed E-state index contributed by atoms with van der Waals surface area (Å²) in [6.45, 7) is 1.04. The predicted octanol–water partition coefficient (Wildman–Crippen LogP) is 1.92. The van der Waals surface area contributed by atoms with Crippen molar-refractivity contribution in [3.05, 3.63) is 41.9 Å². The van der Waals surface area contributed by atoms with Crippen LogP contribution in [0.5, 0.6) is 11.5 Å². The second kappa shape index (κ2) is 7.35. The van der Waals surface area contributed by atoms with Gasteiger partial charge in [-0.1, -0.05) is 0 Å².